The minimum Gasteiger partial charge on any atom is -0.242 e. The van der Waals surface area contributed by atoms with Crippen LogP contribution in [0.4, 0.5) is 123 Å². The highest BCUT2D eigenvalue weighted by Crippen LogP contribution is 2.67. The van der Waals surface area contributed by atoms with Gasteiger partial charge in [0.25, 0.3) is 0 Å². The summed E-state index contributed by atoms with van der Waals surface area (Å²) >= 11 is 0. The maximum Gasteiger partial charge on any atom is 0.379 e. The van der Waals surface area contributed by atoms with Crippen LogP contribution in [-0.4, -0.2) is 32.0 Å². The fourth-order valence-corrected chi connectivity index (χ4v) is 6.62. The lowest BCUT2D eigenvalue weighted by atomic mass is 9.41. The lowest BCUT2D eigenvalue weighted by Gasteiger charge is -2.48. The summed E-state index contributed by atoms with van der Waals surface area (Å²) in [5, 5.41) is 0. The van der Waals surface area contributed by atoms with Crippen LogP contribution in [0.1, 0.15) is 22.3 Å². The molecule has 3 aliphatic rings. The fraction of sp³-hybridized carbons (Fsp3) is 0.143. The average molecular weight is 976 g/mol. The zero-order chi connectivity index (χ0) is 49.5. The molecule has 0 saturated heterocycles. The van der Waals surface area contributed by atoms with Crippen LogP contribution < -0.4 is 10.9 Å². The van der Waals surface area contributed by atoms with Crippen LogP contribution in [0.2, 0.25) is 0 Å². The number of alkyl halides is 8. The van der Waals surface area contributed by atoms with Crippen molar-refractivity contribution >= 4 is 36.9 Å². The second-order valence-corrected chi connectivity index (χ2v) is 13.2. The molecule has 30 heteroatoms. The van der Waals surface area contributed by atoms with E-state index in [0.717, 1.165) is 0 Å². The van der Waals surface area contributed by atoms with Gasteiger partial charge in [0.2, 0.25) is 14.6 Å². The summed E-state index contributed by atoms with van der Waals surface area (Å²) in [7, 11) is -2.12. The quantitative estimate of drug-likeness (QED) is 0.0827. The van der Waals surface area contributed by atoms with Crippen molar-refractivity contribution in [1.29, 1.82) is 0 Å². The molecule has 2 atom stereocenters. The highest BCUT2D eigenvalue weighted by Gasteiger charge is 2.86. The molecule has 2 radical (unpaired) electrons. The summed E-state index contributed by atoms with van der Waals surface area (Å²) in [6, 6.07) is -0.111. The number of allylic oxidation sites excluding steroid dienone is 5. The molecule has 0 saturated carbocycles. The second-order valence-electron chi connectivity index (χ2n) is 13.2. The van der Waals surface area contributed by atoms with Crippen LogP contribution in [0.25, 0.3) is 11.4 Å². The highest BCUT2D eigenvalue weighted by atomic mass is 19.4. The largest absolute Gasteiger partial charge is 0.379 e. The molecule has 0 bridgehead atoms. The molecular formula is C35H2B2F28. The fourth-order valence-electron chi connectivity index (χ4n) is 6.62. The summed E-state index contributed by atoms with van der Waals surface area (Å²) in [4.78, 5) is 0. The van der Waals surface area contributed by atoms with E-state index in [1.807, 2.05) is 0 Å². The molecule has 65 heavy (non-hydrogen) atoms. The first-order valence-corrected chi connectivity index (χ1v) is 16.1. The Balaban J connectivity index is 0.000000279. The number of rotatable bonds is 4. The van der Waals surface area contributed by atoms with Crippen molar-refractivity contribution in [1.82, 2.24) is 0 Å². The van der Waals surface area contributed by atoms with Gasteiger partial charge in [-0.3, -0.25) is 0 Å². The highest BCUT2D eigenvalue weighted by molar-refractivity contribution is 6.67. The maximum atomic E-state index is 16.3. The molecule has 4 aromatic rings. The minimum atomic E-state index is -7.49. The van der Waals surface area contributed by atoms with Gasteiger partial charge in [-0.2, -0.15) is 26.3 Å². The molecule has 7 rings (SSSR count). The van der Waals surface area contributed by atoms with Crippen LogP contribution in [0, 0.1) is 93.1 Å². The van der Waals surface area contributed by atoms with Crippen molar-refractivity contribution in [3.8, 4) is 0 Å². The van der Waals surface area contributed by atoms with Gasteiger partial charge in [0.1, 0.15) is 17.5 Å². The zero-order valence-electron chi connectivity index (χ0n) is 29.4. The number of fused-ring (bicyclic) bond motifs is 4. The van der Waals surface area contributed by atoms with Gasteiger partial charge in [-0.15, -0.1) is 0 Å². The molecule has 3 aliphatic carbocycles. The normalized spacial score (nSPS) is 21.5. The average Bonchev–Trinajstić information content (AvgIpc) is 3.55. The van der Waals surface area contributed by atoms with Crippen molar-refractivity contribution < 1.29 is 123 Å². The van der Waals surface area contributed by atoms with Gasteiger partial charge in [-0.25, -0.2) is 96.6 Å². The Labute approximate surface area is 339 Å². The third-order valence-electron chi connectivity index (χ3n) is 9.67. The molecule has 0 N–H and O–H groups in total. The Kier molecular flexibility index (Phi) is 11.4. The van der Waals surface area contributed by atoms with Gasteiger partial charge >= 0.3 is 17.8 Å². The van der Waals surface area contributed by atoms with E-state index in [1.165, 1.54) is 0 Å². The number of hydrogen-bond donors (Lipinski definition) is 0. The number of halogens is 28. The van der Waals surface area contributed by atoms with Gasteiger partial charge in [-0.05, 0) is 10.9 Å². The van der Waals surface area contributed by atoms with Crippen molar-refractivity contribution in [3.05, 3.63) is 151 Å². The summed E-state index contributed by atoms with van der Waals surface area (Å²) in [5.74, 6) is -76.9. The number of benzene rings is 4. The van der Waals surface area contributed by atoms with Crippen molar-refractivity contribution in [3.63, 3.8) is 0 Å². The van der Waals surface area contributed by atoms with Crippen LogP contribution in [-0.2, 0) is 11.5 Å². The smallest absolute Gasteiger partial charge is 0.242 e. The van der Waals surface area contributed by atoms with E-state index in [4.69, 9.17) is 0 Å². The molecule has 0 amide bonds. The third-order valence-corrected chi connectivity index (χ3v) is 9.67. The molecule has 4 aromatic carbocycles. The van der Waals surface area contributed by atoms with E-state index in [2.05, 4.69) is 0 Å². The van der Waals surface area contributed by atoms with Crippen LogP contribution in [0.5, 0.6) is 0 Å². The Hall–Kier alpha value is -5.73. The first-order valence-electron chi connectivity index (χ1n) is 16.1. The van der Waals surface area contributed by atoms with E-state index in [0.29, 0.717) is 0 Å². The first kappa shape index (κ1) is 48.7. The Morgan fingerprint density at radius 1 is 0.354 bits per heavy atom. The zero-order valence-corrected chi connectivity index (χ0v) is 29.4. The Morgan fingerprint density at radius 3 is 1.20 bits per heavy atom. The summed E-state index contributed by atoms with van der Waals surface area (Å²) in [6.45, 7) is 0. The molecule has 0 heterocycles. The summed E-state index contributed by atoms with van der Waals surface area (Å²) < 4.78 is 397. The van der Waals surface area contributed by atoms with E-state index in [-0.39, 0.29) is 19.4 Å². The van der Waals surface area contributed by atoms with Gasteiger partial charge in [-0.1, -0.05) is 0 Å². The standard InChI is InChI=1S/C23BF20.C12H2BF8/c25-7-3-1(8(26)13(31)14(32)10(3)28)2-4(7)19(37,18(36)17(35)9(2)27)24-20(38)5-6(12(30)16(34)15(33)11(5)29)21(39,40)23(43,44)22(20,41)42;14-3-1-5(16)9(18)11(20)7(3)13-8-4(15)2-6(17)10(19)12(8)21/h;1-2H. The SMILES string of the molecule is FC1=C2C(=C(F)c3c(F)c(F)c(F)c(F)c32)C(F)([B]C2(F)c3c(F)c(F)c(F)c(F)c3C(F)(F)C(F)(F)C2(F)F)C(F)=C1F.Fc1cc(F)c([B]c2c(F)cc(F)c(F)c2F)c(F)c1F. The molecular weight excluding hydrogens is 974 g/mol. The lowest BCUT2D eigenvalue weighted by Crippen LogP contribution is -2.70. The Morgan fingerprint density at radius 2 is 0.754 bits per heavy atom. The van der Waals surface area contributed by atoms with Gasteiger partial charge in [0.15, 0.2) is 110 Å². The molecule has 0 fully saturated rings. The van der Waals surface area contributed by atoms with E-state index < -0.39 is 197 Å². The van der Waals surface area contributed by atoms with Crippen molar-refractivity contribution in [2.75, 3.05) is 0 Å². The van der Waals surface area contributed by atoms with Gasteiger partial charge in [0.05, 0.1) is 11.1 Å². The van der Waals surface area contributed by atoms with E-state index in [9.17, 15) is 110 Å². The van der Waals surface area contributed by atoms with Gasteiger partial charge < -0.3 is 0 Å². The second kappa shape index (κ2) is 15.2. The maximum absolute atomic E-state index is 16.3. The molecule has 344 valence electrons. The molecule has 0 aliphatic heterocycles. The van der Waals surface area contributed by atoms with E-state index >= 15 is 13.2 Å². The monoisotopic (exact) mass is 976 g/mol. The predicted octanol–water partition coefficient (Wildman–Crippen LogP) is 11.4. The summed E-state index contributed by atoms with van der Waals surface area (Å²) in [6.07, 6.45) is 0. The number of hydrogen-bond acceptors (Lipinski definition) is 0. The first-order chi connectivity index (χ1) is 29.6. The predicted molar refractivity (Wildman–Crippen MR) is 162 cm³/mol. The van der Waals surface area contributed by atoms with Crippen molar-refractivity contribution in [2.45, 2.75) is 28.9 Å². The van der Waals surface area contributed by atoms with Crippen LogP contribution >= 0.6 is 0 Å². The molecule has 0 nitrogen and oxygen atoms in total. The Bertz CT molecular complexity index is 2840. The topological polar surface area (TPSA) is 0 Å². The molecule has 2 unspecified atom stereocenters. The van der Waals surface area contributed by atoms with Crippen LogP contribution in [0.3, 0.4) is 0 Å². The van der Waals surface area contributed by atoms with Crippen LogP contribution in [0.15, 0.2) is 35.2 Å². The van der Waals surface area contributed by atoms with Gasteiger partial charge in [0, 0.05) is 34.4 Å². The molecule has 0 aromatic heterocycles. The minimum absolute atomic E-state index is 0.0556. The molecule has 0 spiro atoms. The summed E-state index contributed by atoms with van der Waals surface area (Å²) in [5.41, 5.74) is -33.2. The van der Waals surface area contributed by atoms with Crippen molar-refractivity contribution in [2.24, 2.45) is 0 Å². The van der Waals surface area contributed by atoms with E-state index in [1.54, 1.807) is 0 Å². The third kappa shape index (κ3) is 6.29. The lowest BCUT2D eigenvalue weighted by molar-refractivity contribution is -0.351.